The van der Waals surface area contributed by atoms with Crippen molar-refractivity contribution in [2.75, 3.05) is 18.5 Å². The molecule has 5 nitrogen and oxygen atoms in total. The molecule has 0 amide bonds. The maximum atomic E-state index is 13.3. The third-order valence-corrected chi connectivity index (χ3v) is 5.86. The van der Waals surface area contributed by atoms with Crippen LogP contribution in [0.1, 0.15) is 25.2 Å². The number of para-hydroxylation sites is 1. The fraction of sp³-hybridized carbons (Fsp3) is 0.278. The van der Waals surface area contributed by atoms with Gasteiger partial charge in [-0.15, -0.1) is 0 Å². The minimum absolute atomic E-state index is 0.279. The van der Waals surface area contributed by atoms with Crippen molar-refractivity contribution in [3.63, 3.8) is 0 Å². The van der Waals surface area contributed by atoms with E-state index in [9.17, 15) is 4.57 Å². The van der Waals surface area contributed by atoms with Crippen LogP contribution in [0.3, 0.4) is 0 Å². The SMILES string of the molecule is CCOP(=O)(OCC)[C@@H](NC(=S)Nc1ccccc1)c1ccccc1. The van der Waals surface area contributed by atoms with Gasteiger partial charge in [-0.3, -0.25) is 4.57 Å². The first kappa shape index (κ1) is 19.6. The third kappa shape index (κ3) is 5.65. The van der Waals surface area contributed by atoms with Crippen LogP contribution >= 0.6 is 19.8 Å². The van der Waals surface area contributed by atoms with E-state index in [1.54, 1.807) is 13.8 Å². The van der Waals surface area contributed by atoms with E-state index in [0.29, 0.717) is 5.11 Å². The van der Waals surface area contributed by atoms with E-state index in [0.717, 1.165) is 11.3 Å². The molecular formula is C18H23N2O3PS. The molecule has 0 saturated heterocycles. The van der Waals surface area contributed by atoms with Crippen LogP contribution in [0.15, 0.2) is 60.7 Å². The van der Waals surface area contributed by atoms with Crippen LogP contribution in [0.25, 0.3) is 0 Å². The van der Waals surface area contributed by atoms with Gasteiger partial charge < -0.3 is 19.7 Å². The molecule has 2 aromatic carbocycles. The molecule has 2 N–H and O–H groups in total. The smallest absolute Gasteiger partial charge is 0.345 e. The molecule has 2 aromatic rings. The zero-order valence-electron chi connectivity index (χ0n) is 14.3. The number of hydrogen-bond acceptors (Lipinski definition) is 4. The van der Waals surface area contributed by atoms with Gasteiger partial charge in [-0.2, -0.15) is 0 Å². The van der Waals surface area contributed by atoms with Gasteiger partial charge in [-0.05, 0) is 43.8 Å². The molecule has 0 spiro atoms. The molecule has 0 aliphatic rings. The molecule has 134 valence electrons. The number of thiocarbonyl (C=S) groups is 1. The van der Waals surface area contributed by atoms with Gasteiger partial charge in [-0.1, -0.05) is 48.5 Å². The number of hydrogen-bond donors (Lipinski definition) is 2. The summed E-state index contributed by atoms with van der Waals surface area (Å²) in [5.41, 5.74) is 1.62. The van der Waals surface area contributed by atoms with E-state index in [2.05, 4.69) is 10.6 Å². The van der Waals surface area contributed by atoms with Crippen molar-refractivity contribution in [1.29, 1.82) is 0 Å². The highest BCUT2D eigenvalue weighted by molar-refractivity contribution is 7.80. The summed E-state index contributed by atoms with van der Waals surface area (Å²) in [6.45, 7) is 4.13. The molecule has 0 heterocycles. The Morgan fingerprint density at radius 1 is 1.00 bits per heavy atom. The van der Waals surface area contributed by atoms with Gasteiger partial charge in [0.2, 0.25) is 0 Å². The number of anilines is 1. The second kappa shape index (κ2) is 9.68. The summed E-state index contributed by atoms with van der Waals surface area (Å²) in [6.07, 6.45) is 0. The molecule has 0 radical (unpaired) electrons. The van der Waals surface area contributed by atoms with E-state index in [4.69, 9.17) is 21.3 Å². The average Bonchev–Trinajstić information content (AvgIpc) is 2.61. The van der Waals surface area contributed by atoms with Crippen LogP contribution in [0.5, 0.6) is 0 Å². The standard InChI is InChI=1S/C18H23N2O3PS/c1-3-22-24(21,23-4-2)17(15-11-7-5-8-12-15)20-18(25)19-16-13-9-6-10-14-16/h5-14,17H,3-4H2,1-2H3,(H2,19,20,25)/t17-/m1/s1. The third-order valence-electron chi connectivity index (χ3n) is 3.35. The molecule has 0 aliphatic heterocycles. The van der Waals surface area contributed by atoms with Crippen molar-refractivity contribution >= 4 is 30.6 Å². The minimum Gasteiger partial charge on any atom is -0.345 e. The van der Waals surface area contributed by atoms with Crippen LogP contribution < -0.4 is 10.6 Å². The van der Waals surface area contributed by atoms with Crippen LogP contribution in [0.4, 0.5) is 5.69 Å². The molecule has 1 atom stereocenters. The summed E-state index contributed by atoms with van der Waals surface area (Å²) < 4.78 is 24.3. The van der Waals surface area contributed by atoms with Crippen LogP contribution in [-0.4, -0.2) is 18.3 Å². The first-order chi connectivity index (χ1) is 12.1. The highest BCUT2D eigenvalue weighted by Crippen LogP contribution is 2.59. The van der Waals surface area contributed by atoms with Crippen molar-refractivity contribution < 1.29 is 13.6 Å². The number of benzene rings is 2. The summed E-state index contributed by atoms with van der Waals surface area (Å²) in [6, 6.07) is 18.9. The first-order valence-corrected chi connectivity index (χ1v) is 10.2. The Morgan fingerprint density at radius 2 is 1.52 bits per heavy atom. The fourth-order valence-electron chi connectivity index (χ4n) is 2.34. The van der Waals surface area contributed by atoms with Gasteiger partial charge in [0, 0.05) is 5.69 Å². The normalized spacial score (nSPS) is 12.4. The zero-order valence-corrected chi connectivity index (χ0v) is 16.1. The van der Waals surface area contributed by atoms with E-state index in [1.165, 1.54) is 0 Å². The van der Waals surface area contributed by atoms with E-state index < -0.39 is 13.4 Å². The molecule has 0 aromatic heterocycles. The number of nitrogens with one attached hydrogen (secondary N) is 2. The lowest BCUT2D eigenvalue weighted by molar-refractivity contribution is 0.210. The molecule has 0 saturated carbocycles. The lowest BCUT2D eigenvalue weighted by atomic mass is 10.2. The second-order valence-corrected chi connectivity index (χ2v) is 7.67. The Kier molecular flexibility index (Phi) is 7.59. The molecule has 0 bridgehead atoms. The highest BCUT2D eigenvalue weighted by atomic mass is 32.1. The molecule has 0 unspecified atom stereocenters. The summed E-state index contributed by atoms with van der Waals surface area (Å²) >= 11 is 5.39. The maximum absolute atomic E-state index is 13.3. The quantitative estimate of drug-likeness (QED) is 0.501. The predicted molar refractivity (Wildman–Crippen MR) is 106 cm³/mol. The molecule has 2 rings (SSSR count). The van der Waals surface area contributed by atoms with Crippen LogP contribution in [0.2, 0.25) is 0 Å². The van der Waals surface area contributed by atoms with E-state index >= 15 is 0 Å². The Morgan fingerprint density at radius 3 is 2.04 bits per heavy atom. The van der Waals surface area contributed by atoms with Gasteiger partial charge >= 0.3 is 7.60 Å². The molecule has 0 aliphatic carbocycles. The maximum Gasteiger partial charge on any atom is 0.357 e. The Labute approximate surface area is 154 Å². The Balaban J connectivity index is 2.25. The fourth-order valence-corrected chi connectivity index (χ4v) is 4.58. The molecule has 25 heavy (non-hydrogen) atoms. The van der Waals surface area contributed by atoms with Gasteiger partial charge in [0.1, 0.15) is 0 Å². The average molecular weight is 378 g/mol. The zero-order chi connectivity index (χ0) is 18.1. The van der Waals surface area contributed by atoms with Crippen molar-refractivity contribution in [1.82, 2.24) is 5.32 Å². The van der Waals surface area contributed by atoms with E-state index in [-0.39, 0.29) is 13.2 Å². The first-order valence-electron chi connectivity index (χ1n) is 8.15. The van der Waals surface area contributed by atoms with Gasteiger partial charge in [0.05, 0.1) is 13.2 Å². The molecule has 7 heteroatoms. The van der Waals surface area contributed by atoms with Crippen molar-refractivity contribution in [2.45, 2.75) is 19.6 Å². The molecule has 0 fully saturated rings. The van der Waals surface area contributed by atoms with Gasteiger partial charge in [-0.25, -0.2) is 0 Å². The summed E-state index contributed by atoms with van der Waals surface area (Å²) in [4.78, 5) is 0. The van der Waals surface area contributed by atoms with E-state index in [1.807, 2.05) is 60.7 Å². The monoisotopic (exact) mass is 378 g/mol. The van der Waals surface area contributed by atoms with Crippen molar-refractivity contribution in [2.24, 2.45) is 0 Å². The molecular weight excluding hydrogens is 355 g/mol. The Bertz CT molecular complexity index is 703. The lowest BCUT2D eigenvalue weighted by Crippen LogP contribution is -2.33. The van der Waals surface area contributed by atoms with Gasteiger partial charge in [0.15, 0.2) is 10.9 Å². The van der Waals surface area contributed by atoms with Crippen molar-refractivity contribution in [3.05, 3.63) is 66.2 Å². The largest absolute Gasteiger partial charge is 0.357 e. The topological polar surface area (TPSA) is 59.6 Å². The lowest BCUT2D eigenvalue weighted by Gasteiger charge is -2.28. The van der Waals surface area contributed by atoms with Crippen LogP contribution in [-0.2, 0) is 13.6 Å². The predicted octanol–water partition coefficient (Wildman–Crippen LogP) is 4.94. The summed E-state index contributed by atoms with van der Waals surface area (Å²) in [7, 11) is -3.45. The van der Waals surface area contributed by atoms with Crippen LogP contribution in [0, 0.1) is 0 Å². The number of rotatable bonds is 8. The van der Waals surface area contributed by atoms with Gasteiger partial charge in [0.25, 0.3) is 0 Å². The summed E-state index contributed by atoms with van der Waals surface area (Å²) in [5, 5.41) is 6.53. The van der Waals surface area contributed by atoms with Crippen molar-refractivity contribution in [3.8, 4) is 0 Å². The second-order valence-electron chi connectivity index (χ2n) is 5.15. The summed E-state index contributed by atoms with van der Waals surface area (Å²) in [5.74, 6) is -0.697. The Hall–Kier alpha value is -1.72. The minimum atomic E-state index is -3.45. The highest BCUT2D eigenvalue weighted by Gasteiger charge is 2.37.